The van der Waals surface area contributed by atoms with Crippen molar-refractivity contribution in [2.45, 2.75) is 57.1 Å². The van der Waals surface area contributed by atoms with Crippen LogP contribution in [0.2, 0.25) is 0 Å². The minimum atomic E-state index is -0.972. The fourth-order valence-electron chi connectivity index (χ4n) is 5.83. The Morgan fingerprint density at radius 3 is 2.62 bits per heavy atom. The van der Waals surface area contributed by atoms with E-state index in [-0.39, 0.29) is 22.9 Å². The molecule has 2 aliphatic rings. The summed E-state index contributed by atoms with van der Waals surface area (Å²) in [6.45, 7) is 3.44. The quantitative estimate of drug-likeness (QED) is 0.435. The first-order chi connectivity index (χ1) is 16.2. The molecule has 1 aromatic carbocycles. The second-order valence-electron chi connectivity index (χ2n) is 10.5. The normalized spacial score (nSPS) is 24.2. The molecule has 0 aliphatic heterocycles. The number of H-pyrrole nitrogens is 1. The van der Waals surface area contributed by atoms with Crippen molar-refractivity contribution in [2.75, 3.05) is 0 Å². The maximum atomic E-state index is 12.9. The van der Waals surface area contributed by atoms with E-state index in [0.29, 0.717) is 16.9 Å². The van der Waals surface area contributed by atoms with Crippen LogP contribution in [0.1, 0.15) is 67.1 Å². The Kier molecular flexibility index (Phi) is 4.48. The molecule has 34 heavy (non-hydrogen) atoms. The van der Waals surface area contributed by atoms with E-state index in [1.807, 2.05) is 36.4 Å². The zero-order valence-electron chi connectivity index (χ0n) is 19.2. The predicted molar refractivity (Wildman–Crippen MR) is 128 cm³/mol. The Balaban J connectivity index is 1.10. The van der Waals surface area contributed by atoms with Crippen molar-refractivity contribution in [1.82, 2.24) is 25.1 Å². The zero-order valence-corrected chi connectivity index (χ0v) is 19.2. The standard InChI is InChI=1S/C26H27N5O3/c1-25(2,34)16-7-8-21-20(13-27-31(21)14-16)23(32)28-17-11-26(12-17)9-15(10-26)22-18-5-3-4-6-19(18)24(33)30-29-22/h3-8,13-15,17,34H,9-12H2,1-2H3,(H,28,32)(H,30,33). The lowest BCUT2D eigenvalue weighted by atomic mass is 9.49. The monoisotopic (exact) mass is 457 g/mol. The van der Waals surface area contributed by atoms with E-state index in [1.165, 1.54) is 0 Å². The Morgan fingerprint density at radius 2 is 1.88 bits per heavy atom. The topological polar surface area (TPSA) is 112 Å². The van der Waals surface area contributed by atoms with Crippen molar-refractivity contribution in [3.8, 4) is 0 Å². The molecule has 2 saturated carbocycles. The van der Waals surface area contributed by atoms with Crippen molar-refractivity contribution >= 4 is 22.2 Å². The van der Waals surface area contributed by atoms with E-state index in [4.69, 9.17) is 0 Å². The Morgan fingerprint density at radius 1 is 1.15 bits per heavy atom. The number of carbonyl (C=O) groups is 1. The summed E-state index contributed by atoms with van der Waals surface area (Å²) >= 11 is 0. The first-order valence-corrected chi connectivity index (χ1v) is 11.7. The number of aromatic nitrogens is 4. The number of nitrogens with one attached hydrogen (secondary N) is 2. The number of carbonyl (C=O) groups excluding carboxylic acids is 1. The average molecular weight is 458 g/mol. The number of fused-ring (bicyclic) bond motifs is 2. The molecule has 174 valence electrons. The minimum absolute atomic E-state index is 0.116. The Hall–Kier alpha value is -3.52. The molecule has 3 aromatic heterocycles. The second kappa shape index (κ2) is 7.24. The van der Waals surface area contributed by atoms with Gasteiger partial charge in [-0.05, 0) is 57.1 Å². The molecule has 8 heteroatoms. The number of amides is 1. The molecule has 4 aromatic rings. The van der Waals surface area contributed by atoms with Gasteiger partial charge in [0.05, 0.1) is 34.0 Å². The lowest BCUT2D eigenvalue weighted by Gasteiger charge is -2.57. The van der Waals surface area contributed by atoms with Gasteiger partial charge in [-0.1, -0.05) is 24.3 Å². The van der Waals surface area contributed by atoms with Gasteiger partial charge in [-0.25, -0.2) is 9.61 Å². The highest BCUT2D eigenvalue weighted by Gasteiger charge is 2.54. The molecule has 2 fully saturated rings. The van der Waals surface area contributed by atoms with Crippen LogP contribution >= 0.6 is 0 Å². The van der Waals surface area contributed by atoms with Gasteiger partial charge in [-0.3, -0.25) is 9.59 Å². The average Bonchev–Trinajstić information content (AvgIpc) is 3.18. The molecule has 3 heterocycles. The van der Waals surface area contributed by atoms with E-state index in [1.54, 1.807) is 30.8 Å². The van der Waals surface area contributed by atoms with E-state index >= 15 is 0 Å². The van der Waals surface area contributed by atoms with Crippen LogP contribution in [0.5, 0.6) is 0 Å². The Labute approximate surface area is 196 Å². The number of hydrogen-bond donors (Lipinski definition) is 3. The van der Waals surface area contributed by atoms with Gasteiger partial charge < -0.3 is 10.4 Å². The van der Waals surface area contributed by atoms with Gasteiger partial charge in [-0.15, -0.1) is 0 Å². The molecule has 6 rings (SSSR count). The molecule has 3 N–H and O–H groups in total. The molecule has 0 unspecified atom stereocenters. The lowest BCUT2D eigenvalue weighted by Crippen LogP contribution is -2.55. The summed E-state index contributed by atoms with van der Waals surface area (Å²) in [5, 5.41) is 26.3. The summed E-state index contributed by atoms with van der Waals surface area (Å²) in [5.41, 5.74) is 2.11. The number of benzene rings is 1. The molecule has 0 bridgehead atoms. The van der Waals surface area contributed by atoms with E-state index in [2.05, 4.69) is 20.6 Å². The fraction of sp³-hybridized carbons (Fsp3) is 0.385. The minimum Gasteiger partial charge on any atom is -0.386 e. The van der Waals surface area contributed by atoms with Gasteiger partial charge in [0.1, 0.15) is 0 Å². The zero-order chi connectivity index (χ0) is 23.7. The van der Waals surface area contributed by atoms with Crippen molar-refractivity contribution < 1.29 is 9.90 Å². The second-order valence-corrected chi connectivity index (χ2v) is 10.5. The maximum absolute atomic E-state index is 12.9. The predicted octanol–water partition coefficient (Wildman–Crippen LogP) is 3.25. The first kappa shape index (κ1) is 21.0. The number of hydrogen-bond acceptors (Lipinski definition) is 5. The van der Waals surface area contributed by atoms with Gasteiger partial charge >= 0.3 is 0 Å². The fourth-order valence-corrected chi connectivity index (χ4v) is 5.83. The molecule has 0 atom stereocenters. The van der Waals surface area contributed by atoms with E-state index in [0.717, 1.165) is 47.8 Å². The van der Waals surface area contributed by atoms with Crippen LogP contribution in [0.3, 0.4) is 0 Å². The highest BCUT2D eigenvalue weighted by atomic mass is 16.3. The van der Waals surface area contributed by atoms with Crippen LogP contribution < -0.4 is 10.9 Å². The summed E-state index contributed by atoms with van der Waals surface area (Å²) in [5.74, 6) is 0.220. The van der Waals surface area contributed by atoms with Crippen molar-refractivity contribution in [2.24, 2.45) is 5.41 Å². The van der Waals surface area contributed by atoms with Crippen LogP contribution in [-0.2, 0) is 5.60 Å². The largest absolute Gasteiger partial charge is 0.386 e. The first-order valence-electron chi connectivity index (χ1n) is 11.7. The molecule has 2 aliphatic carbocycles. The summed E-state index contributed by atoms with van der Waals surface area (Å²) in [4.78, 5) is 25.0. The third-order valence-electron chi connectivity index (χ3n) is 7.63. The van der Waals surface area contributed by atoms with Gasteiger partial charge in [0, 0.05) is 29.1 Å². The number of pyridine rings is 1. The summed E-state index contributed by atoms with van der Waals surface area (Å²) in [7, 11) is 0. The number of aromatic amines is 1. The Bertz CT molecular complexity index is 1480. The van der Waals surface area contributed by atoms with Crippen LogP contribution in [0, 0.1) is 5.41 Å². The van der Waals surface area contributed by atoms with Gasteiger partial charge in [-0.2, -0.15) is 10.2 Å². The molecule has 0 radical (unpaired) electrons. The third-order valence-corrected chi connectivity index (χ3v) is 7.63. The summed E-state index contributed by atoms with van der Waals surface area (Å²) < 4.78 is 1.64. The van der Waals surface area contributed by atoms with Crippen LogP contribution in [0.4, 0.5) is 0 Å². The summed E-state index contributed by atoms with van der Waals surface area (Å²) in [6, 6.07) is 11.4. The molecular formula is C26H27N5O3. The number of aliphatic hydroxyl groups is 1. The third kappa shape index (κ3) is 3.32. The van der Waals surface area contributed by atoms with Gasteiger partial charge in [0.2, 0.25) is 0 Å². The van der Waals surface area contributed by atoms with Crippen LogP contribution in [0.25, 0.3) is 16.3 Å². The number of rotatable bonds is 4. The highest BCUT2D eigenvalue weighted by Crippen LogP contribution is 2.62. The van der Waals surface area contributed by atoms with Crippen molar-refractivity contribution in [3.05, 3.63) is 76.0 Å². The lowest BCUT2D eigenvalue weighted by molar-refractivity contribution is -0.0196. The molecule has 8 nitrogen and oxygen atoms in total. The highest BCUT2D eigenvalue weighted by molar-refractivity contribution is 6.00. The molecular weight excluding hydrogens is 430 g/mol. The molecule has 0 saturated heterocycles. The SMILES string of the molecule is CC(C)(O)c1ccc2c(C(=O)NC3CC4(C3)CC(c3n[nH]c(=O)c5ccccc35)C4)cnn2c1. The van der Waals surface area contributed by atoms with Crippen LogP contribution in [-0.4, -0.2) is 36.9 Å². The van der Waals surface area contributed by atoms with E-state index < -0.39 is 5.60 Å². The summed E-state index contributed by atoms with van der Waals surface area (Å²) in [6.07, 6.45) is 7.31. The van der Waals surface area contributed by atoms with E-state index in [9.17, 15) is 14.7 Å². The number of nitrogens with zero attached hydrogens (tertiary/aromatic N) is 3. The van der Waals surface area contributed by atoms with Crippen molar-refractivity contribution in [3.63, 3.8) is 0 Å². The van der Waals surface area contributed by atoms with Gasteiger partial charge in [0.25, 0.3) is 11.5 Å². The smallest absolute Gasteiger partial charge is 0.272 e. The maximum Gasteiger partial charge on any atom is 0.272 e. The molecule has 1 amide bonds. The van der Waals surface area contributed by atoms with Crippen molar-refractivity contribution in [1.29, 1.82) is 0 Å². The van der Waals surface area contributed by atoms with Gasteiger partial charge in [0.15, 0.2) is 0 Å². The van der Waals surface area contributed by atoms with Crippen LogP contribution in [0.15, 0.2) is 53.6 Å². The molecule has 1 spiro atoms.